The van der Waals surface area contributed by atoms with Crippen LogP contribution in [-0.2, 0) is 0 Å². The third kappa shape index (κ3) is 2.44. The van der Waals surface area contributed by atoms with Crippen molar-refractivity contribution in [2.24, 2.45) is 0 Å². The number of aromatic nitrogens is 3. The van der Waals surface area contributed by atoms with Gasteiger partial charge in [-0.2, -0.15) is 4.98 Å². The number of hydrogen-bond acceptors (Lipinski definition) is 4. The van der Waals surface area contributed by atoms with Gasteiger partial charge in [-0.05, 0) is 24.3 Å². The molecule has 0 saturated heterocycles. The van der Waals surface area contributed by atoms with Gasteiger partial charge in [0.15, 0.2) is 0 Å². The summed E-state index contributed by atoms with van der Waals surface area (Å²) >= 11 is 3.40. The number of benzene rings is 1. The van der Waals surface area contributed by atoms with Gasteiger partial charge in [-0.15, -0.1) is 0 Å². The van der Waals surface area contributed by atoms with Gasteiger partial charge in [-0.1, -0.05) is 33.2 Å². The SMILES string of the molecule is [C-]#[N+]c1ccc(-c2noc(-c3cccc(Br)c3)n2)nc1. The Labute approximate surface area is 123 Å². The number of halogens is 1. The maximum Gasteiger partial charge on any atom is 0.258 e. The van der Waals surface area contributed by atoms with E-state index in [1.165, 1.54) is 6.20 Å². The Balaban J connectivity index is 1.95. The van der Waals surface area contributed by atoms with Crippen molar-refractivity contribution in [1.82, 2.24) is 15.1 Å². The number of hydrogen-bond donors (Lipinski definition) is 0. The van der Waals surface area contributed by atoms with Gasteiger partial charge in [0.25, 0.3) is 5.89 Å². The van der Waals surface area contributed by atoms with E-state index in [2.05, 4.69) is 35.9 Å². The minimum Gasteiger partial charge on any atom is -0.334 e. The molecule has 2 heterocycles. The van der Waals surface area contributed by atoms with Crippen LogP contribution in [0.15, 0.2) is 51.6 Å². The molecule has 1 aromatic carbocycles. The van der Waals surface area contributed by atoms with E-state index in [-0.39, 0.29) is 0 Å². The van der Waals surface area contributed by atoms with Gasteiger partial charge in [0.2, 0.25) is 11.5 Å². The van der Waals surface area contributed by atoms with E-state index in [0.29, 0.717) is 23.1 Å². The first-order valence-corrected chi connectivity index (χ1v) is 6.49. The van der Waals surface area contributed by atoms with Crippen molar-refractivity contribution in [3.63, 3.8) is 0 Å². The van der Waals surface area contributed by atoms with Crippen molar-refractivity contribution in [3.8, 4) is 23.0 Å². The maximum absolute atomic E-state index is 6.89. The highest BCUT2D eigenvalue weighted by Gasteiger charge is 2.11. The van der Waals surface area contributed by atoms with Crippen LogP contribution in [0.1, 0.15) is 0 Å². The fourth-order valence-corrected chi connectivity index (χ4v) is 2.05. The minimum absolute atomic E-state index is 0.400. The molecule has 0 N–H and O–H groups in total. The monoisotopic (exact) mass is 326 g/mol. The van der Waals surface area contributed by atoms with E-state index >= 15 is 0 Å². The maximum atomic E-state index is 6.89. The molecule has 5 nitrogen and oxygen atoms in total. The lowest BCUT2D eigenvalue weighted by Crippen LogP contribution is -1.84. The van der Waals surface area contributed by atoms with Crippen molar-refractivity contribution in [2.75, 3.05) is 0 Å². The predicted molar refractivity (Wildman–Crippen MR) is 76.9 cm³/mol. The normalized spacial score (nSPS) is 10.2. The second-order valence-electron chi connectivity index (χ2n) is 3.95. The van der Waals surface area contributed by atoms with E-state index < -0.39 is 0 Å². The molecule has 0 fully saturated rings. The third-order valence-electron chi connectivity index (χ3n) is 2.60. The summed E-state index contributed by atoms with van der Waals surface area (Å²) in [5.74, 6) is 0.828. The van der Waals surface area contributed by atoms with Gasteiger partial charge in [0, 0.05) is 16.2 Å². The summed E-state index contributed by atoms with van der Waals surface area (Å²) in [6, 6.07) is 11.0. The lowest BCUT2D eigenvalue weighted by Gasteiger charge is -1.94. The number of pyridine rings is 1. The van der Waals surface area contributed by atoms with Crippen LogP contribution >= 0.6 is 15.9 Å². The zero-order valence-corrected chi connectivity index (χ0v) is 11.7. The average Bonchev–Trinajstić information content (AvgIpc) is 2.97. The van der Waals surface area contributed by atoms with Gasteiger partial charge in [0.1, 0.15) is 5.69 Å². The van der Waals surface area contributed by atoms with Crippen LogP contribution in [0.2, 0.25) is 0 Å². The summed E-state index contributed by atoms with van der Waals surface area (Å²) in [5.41, 5.74) is 1.88. The van der Waals surface area contributed by atoms with E-state index in [0.717, 1.165) is 10.0 Å². The Morgan fingerprint density at radius 2 is 2.10 bits per heavy atom. The first kappa shape index (κ1) is 12.5. The molecule has 3 rings (SSSR count). The Bertz CT molecular complexity index is 789. The largest absolute Gasteiger partial charge is 0.334 e. The highest BCUT2D eigenvalue weighted by molar-refractivity contribution is 9.10. The van der Waals surface area contributed by atoms with Crippen LogP contribution < -0.4 is 0 Å². The van der Waals surface area contributed by atoms with Crippen LogP contribution in [0.3, 0.4) is 0 Å². The van der Waals surface area contributed by atoms with Crippen LogP contribution in [0.4, 0.5) is 5.69 Å². The van der Waals surface area contributed by atoms with Crippen LogP contribution in [0.25, 0.3) is 27.8 Å². The first-order valence-electron chi connectivity index (χ1n) is 5.70. The fraction of sp³-hybridized carbons (Fsp3) is 0. The molecule has 0 saturated carbocycles. The second kappa shape index (κ2) is 5.23. The summed E-state index contributed by atoms with van der Waals surface area (Å²) < 4.78 is 6.17. The lowest BCUT2D eigenvalue weighted by molar-refractivity contribution is 0.432. The summed E-state index contributed by atoms with van der Waals surface area (Å²) in [7, 11) is 0. The minimum atomic E-state index is 0.400. The topological polar surface area (TPSA) is 56.2 Å². The number of rotatable bonds is 2. The molecule has 0 spiro atoms. The first-order chi connectivity index (χ1) is 9.76. The summed E-state index contributed by atoms with van der Waals surface area (Å²) in [6.07, 6.45) is 1.48. The third-order valence-corrected chi connectivity index (χ3v) is 3.10. The molecule has 0 aliphatic carbocycles. The van der Waals surface area contributed by atoms with Gasteiger partial charge >= 0.3 is 0 Å². The quantitative estimate of drug-likeness (QED) is 0.665. The summed E-state index contributed by atoms with van der Waals surface area (Å²) in [4.78, 5) is 11.7. The van der Waals surface area contributed by atoms with Crippen molar-refractivity contribution >= 4 is 21.6 Å². The Hall–Kier alpha value is -2.52. The summed E-state index contributed by atoms with van der Waals surface area (Å²) in [5, 5.41) is 3.91. The zero-order valence-electron chi connectivity index (χ0n) is 10.1. The Morgan fingerprint density at radius 1 is 1.20 bits per heavy atom. The summed E-state index contributed by atoms with van der Waals surface area (Å²) in [6.45, 7) is 6.89. The van der Waals surface area contributed by atoms with Gasteiger partial charge in [-0.3, -0.25) is 4.98 Å². The molecule has 0 bridgehead atoms. The smallest absolute Gasteiger partial charge is 0.258 e. The lowest BCUT2D eigenvalue weighted by atomic mass is 10.2. The molecule has 0 unspecified atom stereocenters. The van der Waals surface area contributed by atoms with E-state index in [9.17, 15) is 0 Å². The average molecular weight is 327 g/mol. The zero-order chi connectivity index (χ0) is 13.9. The van der Waals surface area contributed by atoms with Gasteiger partial charge < -0.3 is 4.52 Å². The van der Waals surface area contributed by atoms with Crippen molar-refractivity contribution in [3.05, 3.63) is 58.5 Å². The van der Waals surface area contributed by atoms with Gasteiger partial charge in [0.05, 0.1) is 6.57 Å². The van der Waals surface area contributed by atoms with E-state index in [4.69, 9.17) is 11.1 Å². The molecule has 96 valence electrons. The molecule has 2 aromatic heterocycles. The molecule has 0 atom stereocenters. The molecule has 0 aliphatic heterocycles. The molecule has 20 heavy (non-hydrogen) atoms. The van der Waals surface area contributed by atoms with E-state index in [1.54, 1.807) is 12.1 Å². The standard InChI is InChI=1S/C14H7BrN4O/c1-16-11-5-6-12(17-8-11)13-18-14(20-19-13)9-3-2-4-10(15)7-9/h2-8H. The van der Waals surface area contributed by atoms with Crippen LogP contribution in [0, 0.1) is 6.57 Å². The molecular weight excluding hydrogens is 320 g/mol. The Morgan fingerprint density at radius 3 is 2.80 bits per heavy atom. The molecule has 0 aliphatic rings. The predicted octanol–water partition coefficient (Wildman–Crippen LogP) is 4.11. The molecule has 6 heteroatoms. The van der Waals surface area contributed by atoms with E-state index in [1.807, 2.05) is 24.3 Å². The second-order valence-corrected chi connectivity index (χ2v) is 4.86. The Kier molecular flexibility index (Phi) is 3.27. The fourth-order valence-electron chi connectivity index (χ4n) is 1.65. The van der Waals surface area contributed by atoms with Crippen LogP contribution in [-0.4, -0.2) is 15.1 Å². The van der Waals surface area contributed by atoms with Crippen molar-refractivity contribution < 1.29 is 4.52 Å². The molecule has 0 radical (unpaired) electrons. The van der Waals surface area contributed by atoms with Crippen LogP contribution in [0.5, 0.6) is 0 Å². The van der Waals surface area contributed by atoms with Crippen molar-refractivity contribution in [1.29, 1.82) is 0 Å². The molecular formula is C14H7BrN4O. The highest BCUT2D eigenvalue weighted by Crippen LogP contribution is 2.24. The highest BCUT2D eigenvalue weighted by atomic mass is 79.9. The van der Waals surface area contributed by atoms with Crippen molar-refractivity contribution in [2.45, 2.75) is 0 Å². The number of nitrogens with zero attached hydrogens (tertiary/aromatic N) is 4. The molecule has 3 aromatic rings. The molecule has 0 amide bonds. The van der Waals surface area contributed by atoms with Gasteiger partial charge in [-0.25, -0.2) is 4.85 Å².